The van der Waals surface area contributed by atoms with E-state index in [1.165, 1.54) is 0 Å². The number of aliphatic hydroxyl groups is 1. The smallest absolute Gasteiger partial charge is 0.173 e. The molecule has 0 amide bonds. The highest BCUT2D eigenvalue weighted by atomic mass is 35.5. The number of halogens is 2. The monoisotopic (exact) mass is 484 g/mol. The molecule has 0 bridgehead atoms. The van der Waals surface area contributed by atoms with Gasteiger partial charge < -0.3 is 9.67 Å². The van der Waals surface area contributed by atoms with Crippen LogP contribution in [0.15, 0.2) is 85.2 Å². The molecule has 0 aliphatic heterocycles. The van der Waals surface area contributed by atoms with Crippen molar-refractivity contribution in [3.63, 3.8) is 0 Å². The molecule has 0 saturated heterocycles. The minimum atomic E-state index is -1.58. The van der Waals surface area contributed by atoms with Crippen molar-refractivity contribution >= 4 is 34.1 Å². The molecule has 5 rings (SSSR count). The second-order valence-corrected chi connectivity index (χ2v) is 8.75. The Kier molecular flexibility index (Phi) is 5.59. The maximum absolute atomic E-state index is 12.2. The number of aryl methyl sites for hydroxylation is 1. The van der Waals surface area contributed by atoms with Crippen molar-refractivity contribution in [2.75, 3.05) is 0 Å². The predicted molar refractivity (Wildman–Crippen MR) is 134 cm³/mol. The van der Waals surface area contributed by atoms with E-state index in [0.717, 1.165) is 5.56 Å². The summed E-state index contributed by atoms with van der Waals surface area (Å²) in [5, 5.41) is 23.5. The molecule has 5 nitrogen and oxygen atoms in total. The van der Waals surface area contributed by atoms with Crippen LogP contribution in [0, 0.1) is 11.3 Å². The fourth-order valence-corrected chi connectivity index (χ4v) is 4.70. The van der Waals surface area contributed by atoms with Crippen LogP contribution in [-0.4, -0.2) is 19.6 Å². The zero-order chi connectivity index (χ0) is 23.9. The maximum Gasteiger partial charge on any atom is 0.173 e. The zero-order valence-electron chi connectivity index (χ0n) is 18.1. The molecular weight excluding hydrogens is 467 g/mol. The fourth-order valence-electron chi connectivity index (χ4n) is 4.23. The van der Waals surface area contributed by atoms with Crippen molar-refractivity contribution in [2.24, 2.45) is 7.05 Å². The Morgan fingerprint density at radius 3 is 2.32 bits per heavy atom. The van der Waals surface area contributed by atoms with Gasteiger partial charge in [-0.3, -0.25) is 0 Å². The molecule has 5 aromatic rings. The van der Waals surface area contributed by atoms with Gasteiger partial charge in [0.15, 0.2) is 11.3 Å². The zero-order valence-corrected chi connectivity index (χ0v) is 19.6. The van der Waals surface area contributed by atoms with Gasteiger partial charge in [0.05, 0.1) is 10.5 Å². The van der Waals surface area contributed by atoms with Crippen LogP contribution in [0.2, 0.25) is 10.0 Å². The third-order valence-corrected chi connectivity index (χ3v) is 6.56. The van der Waals surface area contributed by atoms with Crippen LogP contribution in [0.3, 0.4) is 0 Å². The van der Waals surface area contributed by atoms with Gasteiger partial charge in [-0.05, 0) is 41.0 Å². The Labute approximate surface area is 206 Å². The predicted octanol–water partition coefficient (Wildman–Crippen LogP) is 6.10. The molecule has 34 heavy (non-hydrogen) atoms. The second kappa shape index (κ2) is 8.58. The van der Waals surface area contributed by atoms with Crippen molar-refractivity contribution in [1.82, 2.24) is 14.5 Å². The number of rotatable bonds is 4. The number of fused-ring (bicyclic) bond motifs is 1. The molecule has 0 radical (unpaired) electrons. The molecule has 3 aromatic carbocycles. The Morgan fingerprint density at radius 2 is 1.68 bits per heavy atom. The quantitative estimate of drug-likeness (QED) is 0.334. The van der Waals surface area contributed by atoms with E-state index in [9.17, 15) is 10.4 Å². The van der Waals surface area contributed by atoms with Crippen molar-refractivity contribution in [2.45, 2.75) is 5.60 Å². The fraction of sp³-hybridized carbons (Fsp3) is 0.0741. The van der Waals surface area contributed by atoms with E-state index in [1.807, 2.05) is 43.4 Å². The molecule has 0 aliphatic carbocycles. The van der Waals surface area contributed by atoms with Gasteiger partial charge in [0.1, 0.15) is 11.9 Å². The topological polar surface area (TPSA) is 74.7 Å². The Morgan fingerprint density at radius 1 is 0.971 bits per heavy atom. The average Bonchev–Trinajstić information content (AvgIpc) is 3.30. The molecule has 0 aliphatic rings. The number of imidazole rings is 1. The lowest BCUT2D eigenvalue weighted by atomic mass is 9.84. The van der Waals surface area contributed by atoms with Crippen molar-refractivity contribution in [3.05, 3.63) is 118 Å². The summed E-state index contributed by atoms with van der Waals surface area (Å²) < 4.78 is 1.77. The summed E-state index contributed by atoms with van der Waals surface area (Å²) in [7, 11) is 1.82. The number of pyridine rings is 1. The van der Waals surface area contributed by atoms with Crippen molar-refractivity contribution in [1.29, 1.82) is 5.26 Å². The van der Waals surface area contributed by atoms with Crippen LogP contribution in [0.4, 0.5) is 0 Å². The van der Waals surface area contributed by atoms with Crippen molar-refractivity contribution in [3.8, 4) is 17.2 Å². The molecular formula is C27H18Cl2N4O. The van der Waals surface area contributed by atoms with Gasteiger partial charge in [0.2, 0.25) is 0 Å². The normalized spacial score (nSPS) is 12.9. The highest BCUT2D eigenvalue weighted by Gasteiger charge is 2.38. The molecule has 2 aromatic heterocycles. The van der Waals surface area contributed by atoms with Crippen LogP contribution in [0.5, 0.6) is 0 Å². The molecule has 166 valence electrons. The standard InChI is InChI=1S/C27H18Cl2N4O/c1-33-14-13-31-26(33)27(34,18-7-10-20(28)11-8-18)19-9-12-22-21(15-19)25(29)24(23(16-30)32-22)17-5-3-2-4-6-17/h2-15,34H,1H3. The van der Waals surface area contributed by atoms with Gasteiger partial charge >= 0.3 is 0 Å². The summed E-state index contributed by atoms with van der Waals surface area (Å²) >= 11 is 13.0. The SMILES string of the molecule is Cn1ccnc1C(O)(c1ccc(Cl)cc1)c1ccc2nc(C#N)c(-c3ccccc3)c(Cl)c2c1. The van der Waals surface area contributed by atoms with Crippen LogP contribution in [0.25, 0.3) is 22.0 Å². The minimum absolute atomic E-state index is 0.244. The largest absolute Gasteiger partial charge is 0.373 e. The molecule has 1 atom stereocenters. The molecule has 0 saturated carbocycles. The number of aromatic nitrogens is 3. The van der Waals surface area contributed by atoms with E-state index >= 15 is 0 Å². The van der Waals surface area contributed by atoms with E-state index in [1.54, 1.807) is 53.4 Å². The summed E-state index contributed by atoms with van der Waals surface area (Å²) in [6.07, 6.45) is 3.41. The molecule has 1 N–H and O–H groups in total. The third kappa shape index (κ3) is 3.53. The molecule has 0 spiro atoms. The minimum Gasteiger partial charge on any atom is -0.373 e. The first-order chi connectivity index (χ1) is 16.4. The highest BCUT2D eigenvalue weighted by molar-refractivity contribution is 6.38. The van der Waals surface area contributed by atoms with Gasteiger partial charge in [-0.15, -0.1) is 0 Å². The molecule has 0 fully saturated rings. The van der Waals surface area contributed by atoms with E-state index in [4.69, 9.17) is 23.2 Å². The Balaban J connectivity index is 1.80. The highest BCUT2D eigenvalue weighted by Crippen LogP contribution is 2.41. The number of hydrogen-bond donors (Lipinski definition) is 1. The number of nitriles is 1. The van der Waals surface area contributed by atoms with Crippen LogP contribution in [-0.2, 0) is 12.6 Å². The Hall–Kier alpha value is -3.69. The van der Waals surface area contributed by atoms with Gasteiger partial charge in [-0.2, -0.15) is 5.26 Å². The first kappa shape index (κ1) is 22.1. The molecule has 1 unspecified atom stereocenters. The lowest BCUT2D eigenvalue weighted by molar-refractivity contribution is 0.112. The van der Waals surface area contributed by atoms with Crippen molar-refractivity contribution < 1.29 is 5.11 Å². The summed E-state index contributed by atoms with van der Waals surface area (Å²) in [5.41, 5.74) is 1.73. The number of benzene rings is 3. The number of hydrogen-bond acceptors (Lipinski definition) is 4. The van der Waals surface area contributed by atoms with Crippen LogP contribution >= 0.6 is 23.2 Å². The van der Waals surface area contributed by atoms with Gasteiger partial charge in [0, 0.05) is 35.4 Å². The number of nitrogens with zero attached hydrogens (tertiary/aromatic N) is 4. The van der Waals surface area contributed by atoms with E-state index in [0.29, 0.717) is 43.5 Å². The maximum atomic E-state index is 12.2. The Bertz CT molecular complexity index is 1560. The van der Waals surface area contributed by atoms with E-state index in [-0.39, 0.29) is 5.69 Å². The molecule has 2 heterocycles. The third-order valence-electron chi connectivity index (χ3n) is 5.91. The van der Waals surface area contributed by atoms with Gasteiger partial charge in [0.25, 0.3) is 0 Å². The summed E-state index contributed by atoms with van der Waals surface area (Å²) in [6.45, 7) is 0. The summed E-state index contributed by atoms with van der Waals surface area (Å²) in [4.78, 5) is 9.00. The van der Waals surface area contributed by atoms with Gasteiger partial charge in [-0.1, -0.05) is 71.7 Å². The van der Waals surface area contributed by atoms with Crippen LogP contribution < -0.4 is 0 Å². The van der Waals surface area contributed by atoms with Crippen LogP contribution in [0.1, 0.15) is 22.6 Å². The molecule has 7 heteroatoms. The van der Waals surface area contributed by atoms with E-state index < -0.39 is 5.60 Å². The van der Waals surface area contributed by atoms with E-state index in [2.05, 4.69) is 16.0 Å². The first-order valence-corrected chi connectivity index (χ1v) is 11.2. The van der Waals surface area contributed by atoms with Gasteiger partial charge in [-0.25, -0.2) is 9.97 Å². The average molecular weight is 485 g/mol. The summed E-state index contributed by atoms with van der Waals surface area (Å²) in [5.74, 6) is 0.440. The first-order valence-electron chi connectivity index (χ1n) is 10.5. The lowest BCUT2D eigenvalue weighted by Crippen LogP contribution is -2.32. The summed E-state index contributed by atoms with van der Waals surface area (Å²) in [6, 6.07) is 23.9. The second-order valence-electron chi connectivity index (χ2n) is 7.94. The lowest BCUT2D eigenvalue weighted by Gasteiger charge is -2.29.